The maximum absolute atomic E-state index is 10.8. The lowest BCUT2D eigenvalue weighted by Crippen LogP contribution is -2.33. The van der Waals surface area contributed by atoms with Crippen LogP contribution in [0.1, 0.15) is 0 Å². The van der Waals surface area contributed by atoms with E-state index >= 15 is 0 Å². The van der Waals surface area contributed by atoms with Gasteiger partial charge in [0.25, 0.3) is 0 Å². The summed E-state index contributed by atoms with van der Waals surface area (Å²) in [7, 11) is 0.643. The molecule has 0 saturated carbocycles. The van der Waals surface area contributed by atoms with E-state index in [1.54, 1.807) is 7.05 Å². The maximum Gasteiger partial charge on any atom is 0.233 e. The number of rotatable bonds is 7. The van der Waals surface area contributed by atoms with Crippen LogP contribution in [-0.2, 0) is 9.53 Å². The van der Waals surface area contributed by atoms with E-state index in [2.05, 4.69) is 30.3 Å². The topological polar surface area (TPSA) is 50.4 Å². The summed E-state index contributed by atoms with van der Waals surface area (Å²) in [6.07, 6.45) is 0. The fourth-order valence-corrected chi connectivity index (χ4v) is 1.53. The Morgan fingerprint density at radius 3 is 2.50 bits per heavy atom. The second-order valence-corrected chi connectivity index (χ2v) is 10.1. The van der Waals surface area contributed by atoms with Crippen molar-refractivity contribution in [3.63, 3.8) is 0 Å². The summed E-state index contributed by atoms with van der Waals surface area (Å²) in [6.45, 7) is 8.51. The van der Waals surface area contributed by atoms with Crippen molar-refractivity contribution in [1.82, 2.24) is 10.6 Å². The van der Waals surface area contributed by atoms with Crippen molar-refractivity contribution in [2.24, 2.45) is 0 Å². The van der Waals surface area contributed by atoms with Crippen molar-refractivity contribution in [1.29, 1.82) is 0 Å². The van der Waals surface area contributed by atoms with Gasteiger partial charge in [-0.15, -0.1) is 0 Å². The van der Waals surface area contributed by atoms with Crippen molar-refractivity contribution in [2.45, 2.75) is 25.7 Å². The van der Waals surface area contributed by atoms with Crippen LogP contribution in [0.5, 0.6) is 0 Å². The van der Waals surface area contributed by atoms with Crippen LogP contribution >= 0.6 is 0 Å². The minimum absolute atomic E-state index is 0.0150. The average molecular weight is 218 g/mol. The van der Waals surface area contributed by atoms with Gasteiger partial charge in [-0.1, -0.05) is 19.6 Å². The normalized spacial score (nSPS) is 11.4. The smallest absolute Gasteiger partial charge is 0.233 e. The molecule has 0 spiro atoms. The fourth-order valence-electron chi connectivity index (χ4n) is 0.776. The highest BCUT2D eigenvalue weighted by atomic mass is 28.3. The average Bonchev–Trinajstić information content (AvgIpc) is 2.08. The molecule has 14 heavy (non-hydrogen) atoms. The van der Waals surface area contributed by atoms with Gasteiger partial charge in [0.15, 0.2) is 0 Å². The predicted molar refractivity (Wildman–Crippen MR) is 61.0 cm³/mol. The SMILES string of the molecule is CNC(=O)CNCOCC[Si](C)(C)C. The molecule has 0 aromatic carbocycles. The zero-order valence-corrected chi connectivity index (χ0v) is 10.6. The molecule has 0 bridgehead atoms. The van der Waals surface area contributed by atoms with Crippen molar-refractivity contribution in [3.05, 3.63) is 0 Å². The number of nitrogens with one attached hydrogen (secondary N) is 2. The van der Waals surface area contributed by atoms with Gasteiger partial charge in [-0.25, -0.2) is 0 Å². The van der Waals surface area contributed by atoms with Gasteiger partial charge < -0.3 is 10.1 Å². The Hall–Kier alpha value is -0.393. The minimum atomic E-state index is -0.978. The van der Waals surface area contributed by atoms with Gasteiger partial charge in [0, 0.05) is 21.7 Å². The lowest BCUT2D eigenvalue weighted by Gasteiger charge is -2.15. The third-order valence-corrected chi connectivity index (χ3v) is 3.47. The third-order valence-electron chi connectivity index (χ3n) is 1.76. The van der Waals surface area contributed by atoms with E-state index < -0.39 is 8.07 Å². The Morgan fingerprint density at radius 2 is 2.00 bits per heavy atom. The second-order valence-electron chi connectivity index (χ2n) is 4.46. The largest absolute Gasteiger partial charge is 0.367 e. The van der Waals surface area contributed by atoms with Gasteiger partial charge in [-0.05, 0) is 6.04 Å². The summed E-state index contributed by atoms with van der Waals surface area (Å²) in [5.74, 6) is -0.0150. The van der Waals surface area contributed by atoms with Gasteiger partial charge in [-0.3, -0.25) is 10.1 Å². The first-order valence-electron chi connectivity index (χ1n) is 4.95. The third kappa shape index (κ3) is 9.69. The van der Waals surface area contributed by atoms with Crippen LogP contribution in [0.4, 0.5) is 0 Å². The van der Waals surface area contributed by atoms with Crippen LogP contribution in [0.25, 0.3) is 0 Å². The highest BCUT2D eigenvalue weighted by molar-refractivity contribution is 6.76. The van der Waals surface area contributed by atoms with Crippen molar-refractivity contribution < 1.29 is 9.53 Å². The van der Waals surface area contributed by atoms with E-state index in [0.29, 0.717) is 13.3 Å². The molecule has 0 aliphatic rings. The molecule has 4 nitrogen and oxygen atoms in total. The van der Waals surface area contributed by atoms with Crippen molar-refractivity contribution in [2.75, 3.05) is 26.9 Å². The standard InChI is InChI=1S/C9H22N2O2Si/c1-10-9(12)7-11-8-13-5-6-14(2,3)4/h11H,5-8H2,1-4H3,(H,10,12). The van der Waals surface area contributed by atoms with Crippen LogP contribution in [0.3, 0.4) is 0 Å². The Morgan fingerprint density at radius 1 is 1.36 bits per heavy atom. The summed E-state index contributed by atoms with van der Waals surface area (Å²) < 4.78 is 5.35. The summed E-state index contributed by atoms with van der Waals surface area (Å²) in [5.41, 5.74) is 0. The number of amides is 1. The molecule has 0 unspecified atom stereocenters. The van der Waals surface area contributed by atoms with Crippen LogP contribution in [0.15, 0.2) is 0 Å². The molecular formula is C9H22N2O2Si. The van der Waals surface area contributed by atoms with E-state index in [1.165, 1.54) is 0 Å². The van der Waals surface area contributed by atoms with E-state index in [1.807, 2.05) is 0 Å². The van der Waals surface area contributed by atoms with E-state index in [-0.39, 0.29) is 5.91 Å². The Kier molecular flexibility index (Phi) is 6.78. The second kappa shape index (κ2) is 6.97. The molecule has 0 rings (SSSR count). The lowest BCUT2D eigenvalue weighted by atomic mass is 10.6. The zero-order valence-electron chi connectivity index (χ0n) is 9.64. The predicted octanol–water partition coefficient (Wildman–Crippen LogP) is 0.634. The van der Waals surface area contributed by atoms with E-state index in [0.717, 1.165) is 12.7 Å². The van der Waals surface area contributed by atoms with Crippen LogP contribution in [0, 0.1) is 0 Å². The van der Waals surface area contributed by atoms with Crippen LogP contribution in [0.2, 0.25) is 25.7 Å². The van der Waals surface area contributed by atoms with Gasteiger partial charge in [0.05, 0.1) is 13.3 Å². The molecule has 1 amide bonds. The van der Waals surface area contributed by atoms with E-state index in [9.17, 15) is 4.79 Å². The molecule has 0 atom stereocenters. The van der Waals surface area contributed by atoms with Crippen LogP contribution in [-0.4, -0.2) is 40.9 Å². The first-order valence-corrected chi connectivity index (χ1v) is 8.65. The highest BCUT2D eigenvalue weighted by Gasteiger charge is 2.11. The monoisotopic (exact) mass is 218 g/mol. The first-order chi connectivity index (χ1) is 6.45. The molecule has 0 radical (unpaired) electrons. The number of carbonyl (C=O) groups excluding carboxylic acids is 1. The molecule has 0 aromatic rings. The molecule has 2 N–H and O–H groups in total. The number of carbonyl (C=O) groups is 1. The molecular weight excluding hydrogens is 196 g/mol. The molecule has 0 aliphatic carbocycles. The molecule has 0 aliphatic heterocycles. The molecule has 5 heteroatoms. The van der Waals surface area contributed by atoms with Crippen LogP contribution < -0.4 is 10.6 Å². The van der Waals surface area contributed by atoms with Gasteiger partial charge >= 0.3 is 0 Å². The quantitative estimate of drug-likeness (QED) is 0.374. The fraction of sp³-hybridized carbons (Fsp3) is 0.889. The summed E-state index contributed by atoms with van der Waals surface area (Å²) in [5, 5.41) is 5.43. The molecule has 0 heterocycles. The number of hydrogen-bond acceptors (Lipinski definition) is 3. The van der Waals surface area contributed by atoms with Gasteiger partial charge in [0.2, 0.25) is 5.91 Å². The van der Waals surface area contributed by atoms with Gasteiger partial charge in [0.1, 0.15) is 0 Å². The van der Waals surface area contributed by atoms with E-state index in [4.69, 9.17) is 4.74 Å². The molecule has 0 saturated heterocycles. The Labute approximate surface area is 87.4 Å². The van der Waals surface area contributed by atoms with Crippen molar-refractivity contribution in [3.8, 4) is 0 Å². The van der Waals surface area contributed by atoms with Crippen molar-refractivity contribution >= 4 is 14.0 Å². The minimum Gasteiger partial charge on any atom is -0.367 e. The lowest BCUT2D eigenvalue weighted by molar-refractivity contribution is -0.120. The summed E-state index contributed by atoms with van der Waals surface area (Å²) in [4.78, 5) is 10.8. The number of likely N-dealkylation sites (N-methyl/N-ethyl adjacent to an activating group) is 1. The molecule has 0 aromatic heterocycles. The van der Waals surface area contributed by atoms with Gasteiger partial charge in [-0.2, -0.15) is 0 Å². The number of hydrogen-bond donors (Lipinski definition) is 2. The summed E-state index contributed by atoms with van der Waals surface area (Å²) in [6, 6.07) is 1.16. The summed E-state index contributed by atoms with van der Waals surface area (Å²) >= 11 is 0. The molecule has 0 fully saturated rings. The Balaban J connectivity index is 3.18. The first kappa shape index (κ1) is 13.6. The number of ether oxygens (including phenoxy) is 1. The maximum atomic E-state index is 10.8. The zero-order chi connectivity index (χ0) is 11.0. The Bertz CT molecular complexity index is 169. The highest BCUT2D eigenvalue weighted by Crippen LogP contribution is 2.06. The molecule has 84 valence electrons.